The van der Waals surface area contributed by atoms with Crippen LogP contribution < -0.4 is 16.0 Å². The summed E-state index contributed by atoms with van der Waals surface area (Å²) in [5.41, 5.74) is 0.463. The van der Waals surface area contributed by atoms with E-state index in [-0.39, 0.29) is 12.1 Å². The largest absolute Gasteiger partial charge is 0.493 e. The van der Waals surface area contributed by atoms with Crippen LogP contribution in [-0.4, -0.2) is 20.7 Å². The van der Waals surface area contributed by atoms with Gasteiger partial charge in [-0.1, -0.05) is 49.4 Å². The van der Waals surface area contributed by atoms with Gasteiger partial charge in [0.1, 0.15) is 11.1 Å². The van der Waals surface area contributed by atoms with Gasteiger partial charge in [0.05, 0.1) is 13.2 Å². The minimum Gasteiger partial charge on any atom is -0.493 e. The van der Waals surface area contributed by atoms with E-state index in [4.69, 9.17) is 4.74 Å². The van der Waals surface area contributed by atoms with Crippen LogP contribution in [-0.2, 0) is 13.6 Å². The van der Waals surface area contributed by atoms with Crippen molar-refractivity contribution in [2.45, 2.75) is 19.9 Å². The third kappa shape index (κ3) is 2.97. The Hall–Kier alpha value is -3.41. The number of rotatable bonds is 5. The van der Waals surface area contributed by atoms with Crippen molar-refractivity contribution in [2.24, 2.45) is 7.05 Å². The molecule has 0 bridgehead atoms. The van der Waals surface area contributed by atoms with Crippen LogP contribution in [0.1, 0.15) is 18.9 Å². The van der Waals surface area contributed by atoms with E-state index < -0.39 is 5.69 Å². The van der Waals surface area contributed by atoms with Crippen LogP contribution in [0.2, 0.25) is 0 Å². The number of benzene rings is 2. The maximum Gasteiger partial charge on any atom is 0.332 e. The molecule has 0 aliphatic carbocycles. The summed E-state index contributed by atoms with van der Waals surface area (Å²) in [6.45, 7) is 2.67. The van der Waals surface area contributed by atoms with Gasteiger partial charge in [0.2, 0.25) is 0 Å². The normalized spacial score (nSPS) is 11.2. The third-order valence-electron chi connectivity index (χ3n) is 4.86. The predicted octanol–water partition coefficient (Wildman–Crippen LogP) is 3.09. The van der Waals surface area contributed by atoms with Crippen LogP contribution >= 0.6 is 0 Å². The quantitative estimate of drug-likeness (QED) is 0.538. The predicted molar refractivity (Wildman–Crippen MR) is 110 cm³/mol. The summed E-state index contributed by atoms with van der Waals surface area (Å²) in [5, 5.41) is 2.42. The summed E-state index contributed by atoms with van der Waals surface area (Å²) in [7, 11) is 1.63. The molecule has 0 saturated heterocycles. The zero-order valence-corrected chi connectivity index (χ0v) is 15.9. The Kier molecular flexibility index (Phi) is 4.69. The second-order valence-corrected chi connectivity index (χ2v) is 6.73. The highest BCUT2D eigenvalue weighted by Gasteiger charge is 2.17. The SMILES string of the molecule is CCCOc1ccnc2c1c(=O)n(Cc1cccc3ccccc13)c(=O)n2C. The third-order valence-corrected chi connectivity index (χ3v) is 4.86. The first-order valence-corrected chi connectivity index (χ1v) is 9.29. The highest BCUT2D eigenvalue weighted by atomic mass is 16.5. The van der Waals surface area contributed by atoms with E-state index in [1.54, 1.807) is 19.3 Å². The summed E-state index contributed by atoms with van der Waals surface area (Å²) in [6, 6.07) is 15.5. The number of pyridine rings is 1. The van der Waals surface area contributed by atoms with Gasteiger partial charge in [0.15, 0.2) is 5.65 Å². The second-order valence-electron chi connectivity index (χ2n) is 6.73. The van der Waals surface area contributed by atoms with Crippen LogP contribution in [0.5, 0.6) is 5.75 Å². The molecule has 0 fully saturated rings. The zero-order chi connectivity index (χ0) is 19.7. The maximum absolute atomic E-state index is 13.3. The monoisotopic (exact) mass is 375 g/mol. The molecule has 0 amide bonds. The van der Waals surface area contributed by atoms with Crippen LogP contribution in [0.25, 0.3) is 21.8 Å². The molecular weight excluding hydrogens is 354 g/mol. The Bertz CT molecular complexity index is 1280. The lowest BCUT2D eigenvalue weighted by atomic mass is 10.0. The lowest BCUT2D eigenvalue weighted by Crippen LogP contribution is -2.39. The highest BCUT2D eigenvalue weighted by Crippen LogP contribution is 2.21. The van der Waals surface area contributed by atoms with Crippen molar-refractivity contribution in [3.05, 3.63) is 81.1 Å². The Morgan fingerprint density at radius 2 is 1.82 bits per heavy atom. The fraction of sp³-hybridized carbons (Fsp3) is 0.227. The van der Waals surface area contributed by atoms with Gasteiger partial charge in [-0.15, -0.1) is 0 Å². The zero-order valence-electron chi connectivity index (χ0n) is 15.9. The molecule has 0 spiro atoms. The van der Waals surface area contributed by atoms with Gasteiger partial charge in [-0.25, -0.2) is 9.78 Å². The average Bonchev–Trinajstić information content (AvgIpc) is 2.73. The number of nitrogens with zero attached hydrogens (tertiary/aromatic N) is 3. The van der Waals surface area contributed by atoms with Gasteiger partial charge in [-0.05, 0) is 28.8 Å². The molecule has 4 aromatic rings. The van der Waals surface area contributed by atoms with Gasteiger partial charge in [-0.3, -0.25) is 13.9 Å². The van der Waals surface area contributed by atoms with Crippen molar-refractivity contribution >= 4 is 21.8 Å². The Labute approximate surface area is 161 Å². The molecule has 0 radical (unpaired) electrons. The van der Waals surface area contributed by atoms with Crippen LogP contribution in [0.3, 0.4) is 0 Å². The van der Waals surface area contributed by atoms with E-state index in [9.17, 15) is 9.59 Å². The summed E-state index contributed by atoms with van der Waals surface area (Å²) >= 11 is 0. The molecule has 0 unspecified atom stereocenters. The molecule has 2 aromatic carbocycles. The van der Waals surface area contributed by atoms with Gasteiger partial charge in [0, 0.05) is 13.2 Å². The molecule has 0 saturated carbocycles. The molecule has 0 atom stereocenters. The topological polar surface area (TPSA) is 66.1 Å². The Morgan fingerprint density at radius 1 is 1.04 bits per heavy atom. The van der Waals surface area contributed by atoms with Crippen molar-refractivity contribution in [1.29, 1.82) is 0 Å². The summed E-state index contributed by atoms with van der Waals surface area (Å²) in [4.78, 5) is 30.4. The fourth-order valence-corrected chi connectivity index (χ4v) is 3.45. The van der Waals surface area contributed by atoms with Crippen molar-refractivity contribution in [2.75, 3.05) is 6.61 Å². The first-order chi connectivity index (χ1) is 13.6. The summed E-state index contributed by atoms with van der Waals surface area (Å²) in [6.07, 6.45) is 2.38. The van der Waals surface area contributed by atoms with Crippen molar-refractivity contribution in [3.63, 3.8) is 0 Å². The first kappa shape index (κ1) is 18.0. The number of fused-ring (bicyclic) bond motifs is 2. The van der Waals surface area contributed by atoms with Crippen LogP contribution in [0, 0.1) is 0 Å². The van der Waals surface area contributed by atoms with E-state index >= 15 is 0 Å². The van der Waals surface area contributed by atoms with Gasteiger partial charge < -0.3 is 4.74 Å². The molecule has 142 valence electrons. The number of aromatic nitrogens is 3. The van der Waals surface area contributed by atoms with Crippen LogP contribution in [0.15, 0.2) is 64.3 Å². The lowest BCUT2D eigenvalue weighted by Gasteiger charge is -2.14. The standard InChI is InChI=1S/C22H21N3O3/c1-3-13-28-18-11-12-23-20-19(18)21(26)25(22(27)24(20)2)14-16-9-6-8-15-7-4-5-10-17(15)16/h4-12H,3,13-14H2,1-2H3. The van der Waals surface area contributed by atoms with E-state index in [0.717, 1.165) is 22.8 Å². The highest BCUT2D eigenvalue weighted by molar-refractivity contribution is 5.85. The Balaban J connectivity index is 1.94. The van der Waals surface area contributed by atoms with E-state index in [1.807, 2.05) is 49.4 Å². The molecule has 28 heavy (non-hydrogen) atoms. The molecule has 0 N–H and O–H groups in total. The van der Waals surface area contributed by atoms with Crippen molar-refractivity contribution in [1.82, 2.24) is 14.1 Å². The van der Waals surface area contributed by atoms with E-state index in [0.29, 0.717) is 23.4 Å². The number of ether oxygens (including phenoxy) is 1. The first-order valence-electron chi connectivity index (χ1n) is 9.29. The van der Waals surface area contributed by atoms with Gasteiger partial charge in [0.25, 0.3) is 5.56 Å². The Morgan fingerprint density at radius 3 is 2.64 bits per heavy atom. The molecule has 4 rings (SSSR count). The second kappa shape index (κ2) is 7.31. The number of hydrogen-bond acceptors (Lipinski definition) is 4. The molecule has 0 aliphatic rings. The van der Waals surface area contributed by atoms with Crippen molar-refractivity contribution < 1.29 is 4.74 Å². The summed E-state index contributed by atoms with van der Waals surface area (Å²) in [5.74, 6) is 0.458. The van der Waals surface area contributed by atoms with Crippen LogP contribution in [0.4, 0.5) is 0 Å². The van der Waals surface area contributed by atoms with Crippen molar-refractivity contribution in [3.8, 4) is 5.75 Å². The van der Waals surface area contributed by atoms with E-state index in [2.05, 4.69) is 4.98 Å². The molecule has 2 aromatic heterocycles. The number of aryl methyl sites for hydroxylation is 1. The number of hydrogen-bond donors (Lipinski definition) is 0. The maximum atomic E-state index is 13.3. The minimum absolute atomic E-state index is 0.185. The van der Waals surface area contributed by atoms with Gasteiger partial charge in [-0.2, -0.15) is 0 Å². The van der Waals surface area contributed by atoms with E-state index in [1.165, 1.54) is 9.13 Å². The fourth-order valence-electron chi connectivity index (χ4n) is 3.45. The molecule has 2 heterocycles. The summed E-state index contributed by atoms with van der Waals surface area (Å²) < 4.78 is 8.41. The average molecular weight is 375 g/mol. The molecule has 6 heteroatoms. The van der Waals surface area contributed by atoms with Gasteiger partial charge >= 0.3 is 5.69 Å². The molecular formula is C22H21N3O3. The molecule has 6 nitrogen and oxygen atoms in total. The molecule has 0 aliphatic heterocycles. The lowest BCUT2D eigenvalue weighted by molar-refractivity contribution is 0.320. The minimum atomic E-state index is -0.398. The smallest absolute Gasteiger partial charge is 0.332 e.